The molecule has 1 atom stereocenters. The zero-order chi connectivity index (χ0) is 50.7. The number of ether oxygens (including phenoxy) is 3. The summed E-state index contributed by atoms with van der Waals surface area (Å²) >= 11 is 0. The molecule has 70 heavy (non-hydrogen) atoms. The van der Waals surface area contributed by atoms with E-state index in [4.69, 9.17) is 14.2 Å². The molecular formula is C64H106O6. The van der Waals surface area contributed by atoms with Gasteiger partial charge in [-0.15, -0.1) is 0 Å². The number of rotatable bonds is 51. The number of allylic oxidation sites excluding steroid dienone is 18. The molecule has 0 saturated carbocycles. The van der Waals surface area contributed by atoms with Crippen molar-refractivity contribution in [2.24, 2.45) is 0 Å². The maximum Gasteiger partial charge on any atom is 0.306 e. The molecule has 0 aliphatic heterocycles. The predicted molar refractivity (Wildman–Crippen MR) is 302 cm³/mol. The van der Waals surface area contributed by atoms with Crippen LogP contribution in [0.2, 0.25) is 0 Å². The van der Waals surface area contributed by atoms with Crippen LogP contribution >= 0.6 is 0 Å². The molecule has 0 aliphatic carbocycles. The zero-order valence-electron chi connectivity index (χ0n) is 45.5. The molecule has 0 bridgehead atoms. The van der Waals surface area contributed by atoms with E-state index in [2.05, 4.69) is 124 Å². The summed E-state index contributed by atoms with van der Waals surface area (Å²) in [7, 11) is 0. The summed E-state index contributed by atoms with van der Waals surface area (Å²) in [5.74, 6) is -1.00. The maximum atomic E-state index is 12.9. The molecule has 0 aromatic heterocycles. The zero-order valence-corrected chi connectivity index (χ0v) is 45.5. The normalized spacial score (nSPS) is 12.9. The molecule has 0 radical (unpaired) electrons. The van der Waals surface area contributed by atoms with Crippen molar-refractivity contribution in [3.05, 3.63) is 109 Å². The lowest BCUT2D eigenvalue weighted by Crippen LogP contribution is -2.30. The second-order valence-corrected chi connectivity index (χ2v) is 18.8. The third-order valence-electron chi connectivity index (χ3n) is 12.0. The first-order valence-electron chi connectivity index (χ1n) is 28.9. The van der Waals surface area contributed by atoms with Gasteiger partial charge in [-0.05, 0) is 96.3 Å². The Labute approximate surface area is 431 Å². The van der Waals surface area contributed by atoms with Crippen LogP contribution in [0.25, 0.3) is 0 Å². The standard InChI is InChI=1S/C64H106O6/c1-4-7-10-13-16-19-22-25-28-30-32-34-36-39-42-45-48-51-54-57-63(66)69-60-61(59-68-62(65)56-53-50-47-44-41-38-27-24-21-18-15-12-9-6-3)70-64(67)58-55-52-49-46-43-40-37-35-33-31-29-26-23-20-17-14-11-8-5-2/h7,10,16-17,19-20,25-26,28-29,32-35,39,42,48,51,61H,4-6,8-9,11-15,18,21-24,27,30-31,36-38,40-41,43-47,49-50,52-60H2,1-3H3/b10-7-,19-16-,20-17-,28-25-,29-26-,34-32-,35-33-,42-39-,51-48-/t61-/m1/s1. The Morgan fingerprint density at radius 1 is 0.300 bits per heavy atom. The number of unbranched alkanes of at least 4 members (excludes halogenated alkanes) is 22. The van der Waals surface area contributed by atoms with Gasteiger partial charge in [-0.25, -0.2) is 0 Å². The van der Waals surface area contributed by atoms with E-state index in [1.807, 2.05) is 6.08 Å². The van der Waals surface area contributed by atoms with Crippen LogP contribution in [0.4, 0.5) is 0 Å². The largest absolute Gasteiger partial charge is 0.462 e. The molecule has 0 aliphatic rings. The molecule has 6 heteroatoms. The van der Waals surface area contributed by atoms with Crippen molar-refractivity contribution in [3.63, 3.8) is 0 Å². The fourth-order valence-electron chi connectivity index (χ4n) is 7.71. The van der Waals surface area contributed by atoms with Gasteiger partial charge in [-0.1, -0.05) is 252 Å². The lowest BCUT2D eigenvalue weighted by molar-refractivity contribution is -0.166. The number of hydrogen-bond donors (Lipinski definition) is 0. The Morgan fingerprint density at radius 2 is 0.586 bits per heavy atom. The Kier molecular flexibility index (Phi) is 54.4. The second-order valence-electron chi connectivity index (χ2n) is 18.8. The molecule has 0 spiro atoms. The smallest absolute Gasteiger partial charge is 0.306 e. The van der Waals surface area contributed by atoms with E-state index in [-0.39, 0.29) is 37.5 Å². The van der Waals surface area contributed by atoms with Crippen molar-refractivity contribution in [3.8, 4) is 0 Å². The molecule has 0 aromatic rings. The molecule has 6 nitrogen and oxygen atoms in total. The maximum absolute atomic E-state index is 12.9. The highest BCUT2D eigenvalue weighted by Gasteiger charge is 2.19. The molecule has 398 valence electrons. The lowest BCUT2D eigenvalue weighted by atomic mass is 10.0. The van der Waals surface area contributed by atoms with Gasteiger partial charge in [0, 0.05) is 19.3 Å². The molecule has 0 unspecified atom stereocenters. The predicted octanol–water partition coefficient (Wildman–Crippen LogP) is 19.5. The van der Waals surface area contributed by atoms with Gasteiger partial charge in [0.1, 0.15) is 13.2 Å². The number of carbonyl (C=O) groups excluding carboxylic acids is 3. The van der Waals surface area contributed by atoms with Crippen molar-refractivity contribution in [2.45, 2.75) is 264 Å². The Bertz CT molecular complexity index is 1440. The monoisotopic (exact) mass is 971 g/mol. The van der Waals surface area contributed by atoms with E-state index in [0.717, 1.165) is 103 Å². The summed E-state index contributed by atoms with van der Waals surface area (Å²) < 4.78 is 16.8. The minimum atomic E-state index is -0.816. The van der Waals surface area contributed by atoms with Gasteiger partial charge in [-0.2, -0.15) is 0 Å². The van der Waals surface area contributed by atoms with Gasteiger partial charge >= 0.3 is 17.9 Å². The first kappa shape index (κ1) is 66.1. The van der Waals surface area contributed by atoms with E-state index >= 15 is 0 Å². The van der Waals surface area contributed by atoms with E-state index in [0.29, 0.717) is 19.3 Å². The van der Waals surface area contributed by atoms with Gasteiger partial charge in [0.05, 0.1) is 0 Å². The van der Waals surface area contributed by atoms with E-state index < -0.39 is 6.10 Å². The van der Waals surface area contributed by atoms with Gasteiger partial charge < -0.3 is 14.2 Å². The lowest BCUT2D eigenvalue weighted by Gasteiger charge is -2.18. The molecule has 0 aromatic carbocycles. The SMILES string of the molecule is CC/C=C\C/C=C\C/C=C\C/C=C\C/C=C\C/C=C\CCC(=O)OC[C@@H](COC(=O)CCCCCCCCCCCCCCCC)OC(=O)CCCCCCCC/C=C\C/C=C\C/C=C\CCCCC. The number of esters is 3. The highest BCUT2D eigenvalue weighted by molar-refractivity contribution is 5.71. The van der Waals surface area contributed by atoms with Crippen LogP contribution in [0.15, 0.2) is 109 Å². The summed E-state index contributed by atoms with van der Waals surface area (Å²) in [5, 5.41) is 0. The highest BCUT2D eigenvalue weighted by atomic mass is 16.6. The van der Waals surface area contributed by atoms with Crippen molar-refractivity contribution < 1.29 is 28.6 Å². The fraction of sp³-hybridized carbons (Fsp3) is 0.672. The molecule has 0 fully saturated rings. The van der Waals surface area contributed by atoms with Crippen LogP contribution < -0.4 is 0 Å². The molecular weight excluding hydrogens is 865 g/mol. The van der Waals surface area contributed by atoms with Gasteiger partial charge in [0.25, 0.3) is 0 Å². The summed E-state index contributed by atoms with van der Waals surface area (Å²) in [6.07, 6.45) is 78.0. The number of hydrogen-bond acceptors (Lipinski definition) is 6. The minimum Gasteiger partial charge on any atom is -0.462 e. The van der Waals surface area contributed by atoms with Crippen LogP contribution in [0, 0.1) is 0 Å². The molecule has 0 heterocycles. The molecule has 0 amide bonds. The fourth-order valence-corrected chi connectivity index (χ4v) is 7.71. The Balaban J connectivity index is 4.52. The van der Waals surface area contributed by atoms with Crippen molar-refractivity contribution >= 4 is 17.9 Å². The third kappa shape index (κ3) is 55.0. The Hall–Kier alpha value is -3.93. The van der Waals surface area contributed by atoms with E-state index in [9.17, 15) is 14.4 Å². The van der Waals surface area contributed by atoms with Crippen LogP contribution in [-0.4, -0.2) is 37.2 Å². The van der Waals surface area contributed by atoms with Gasteiger partial charge in [-0.3, -0.25) is 14.4 Å². The van der Waals surface area contributed by atoms with Crippen LogP contribution in [0.3, 0.4) is 0 Å². The van der Waals surface area contributed by atoms with E-state index in [1.165, 1.54) is 109 Å². The van der Waals surface area contributed by atoms with Crippen LogP contribution in [-0.2, 0) is 28.6 Å². The third-order valence-corrected chi connectivity index (χ3v) is 12.0. The first-order chi connectivity index (χ1) is 34.5. The number of carbonyl (C=O) groups is 3. The van der Waals surface area contributed by atoms with E-state index in [1.54, 1.807) is 0 Å². The quantitative estimate of drug-likeness (QED) is 0.0262. The van der Waals surface area contributed by atoms with Crippen molar-refractivity contribution in [1.29, 1.82) is 0 Å². The second kappa shape index (κ2) is 57.6. The summed E-state index contributed by atoms with van der Waals surface area (Å²) in [5.41, 5.74) is 0. The summed E-state index contributed by atoms with van der Waals surface area (Å²) in [6, 6.07) is 0. The average molecular weight is 972 g/mol. The van der Waals surface area contributed by atoms with Gasteiger partial charge in [0.15, 0.2) is 6.10 Å². The highest BCUT2D eigenvalue weighted by Crippen LogP contribution is 2.15. The van der Waals surface area contributed by atoms with Gasteiger partial charge in [0.2, 0.25) is 0 Å². The first-order valence-corrected chi connectivity index (χ1v) is 28.9. The summed E-state index contributed by atoms with van der Waals surface area (Å²) in [4.78, 5) is 38.1. The molecule has 0 N–H and O–H groups in total. The Morgan fingerprint density at radius 3 is 0.986 bits per heavy atom. The minimum absolute atomic E-state index is 0.106. The van der Waals surface area contributed by atoms with Crippen LogP contribution in [0.1, 0.15) is 258 Å². The summed E-state index contributed by atoms with van der Waals surface area (Å²) in [6.45, 7) is 6.43. The molecule has 0 saturated heterocycles. The topological polar surface area (TPSA) is 78.9 Å². The van der Waals surface area contributed by atoms with Crippen molar-refractivity contribution in [1.82, 2.24) is 0 Å². The van der Waals surface area contributed by atoms with Crippen molar-refractivity contribution in [2.75, 3.05) is 13.2 Å². The average Bonchev–Trinajstić information content (AvgIpc) is 3.36. The molecule has 0 rings (SSSR count). The van der Waals surface area contributed by atoms with Crippen LogP contribution in [0.5, 0.6) is 0 Å².